The molecule has 0 spiro atoms. The number of carbonyl (C=O) groups is 1. The van der Waals surface area contributed by atoms with Gasteiger partial charge in [-0.25, -0.2) is 4.39 Å². The highest BCUT2D eigenvalue weighted by atomic mass is 32.2. The molecule has 5 rings (SSSR count). The third-order valence-electron chi connectivity index (χ3n) is 5.91. The van der Waals surface area contributed by atoms with E-state index in [1.54, 1.807) is 28.8 Å². The van der Waals surface area contributed by atoms with Gasteiger partial charge in [-0.05, 0) is 36.1 Å². The van der Waals surface area contributed by atoms with E-state index in [2.05, 4.69) is 28.4 Å². The number of allylic oxidation sites excluding steroid dienone is 3. The zero-order valence-corrected chi connectivity index (χ0v) is 19.7. The predicted octanol–water partition coefficient (Wildman–Crippen LogP) is 5.27. The van der Waals surface area contributed by atoms with Crippen molar-refractivity contribution in [3.8, 4) is 6.07 Å². The van der Waals surface area contributed by atoms with Crippen LogP contribution in [0, 0.1) is 17.1 Å². The number of benzene rings is 2. The van der Waals surface area contributed by atoms with Crippen LogP contribution < -0.4 is 10.6 Å². The lowest BCUT2D eigenvalue weighted by molar-refractivity contribution is -0.116. The Labute approximate surface area is 204 Å². The molecular weight excluding hydrogens is 469 g/mol. The summed E-state index contributed by atoms with van der Waals surface area (Å²) >= 11 is 2.95. The predicted molar refractivity (Wildman–Crippen MR) is 130 cm³/mol. The van der Waals surface area contributed by atoms with E-state index >= 15 is 0 Å². The van der Waals surface area contributed by atoms with Gasteiger partial charge < -0.3 is 5.73 Å². The third-order valence-corrected chi connectivity index (χ3v) is 8.02. The molecular formula is C25H20FN5OS2. The lowest BCUT2D eigenvalue weighted by atomic mass is 9.76. The Bertz CT molecular complexity index is 1340. The minimum absolute atomic E-state index is 0.0241. The van der Waals surface area contributed by atoms with Gasteiger partial charge in [-0.2, -0.15) is 5.26 Å². The average molecular weight is 490 g/mol. The molecule has 3 aromatic rings. The van der Waals surface area contributed by atoms with E-state index in [9.17, 15) is 14.4 Å². The van der Waals surface area contributed by atoms with Crippen LogP contribution in [0.25, 0.3) is 0 Å². The molecule has 2 aromatic carbocycles. The summed E-state index contributed by atoms with van der Waals surface area (Å²) in [5, 5.41) is 19.2. The quantitative estimate of drug-likeness (QED) is 0.488. The van der Waals surface area contributed by atoms with Gasteiger partial charge in [0.25, 0.3) is 0 Å². The number of thioether (sulfide) groups is 1. The molecule has 1 unspecified atom stereocenters. The van der Waals surface area contributed by atoms with E-state index in [1.807, 2.05) is 18.2 Å². The summed E-state index contributed by atoms with van der Waals surface area (Å²) in [6.07, 6.45) is 1.72. The number of nitriles is 1. The summed E-state index contributed by atoms with van der Waals surface area (Å²) in [6.45, 7) is 0. The minimum Gasteiger partial charge on any atom is -0.384 e. The molecule has 0 bridgehead atoms. The second-order valence-electron chi connectivity index (χ2n) is 7.99. The highest BCUT2D eigenvalue weighted by Gasteiger charge is 2.41. The van der Waals surface area contributed by atoms with E-state index in [-0.39, 0.29) is 23.0 Å². The number of carbonyl (C=O) groups excluding carboxylic acids is 1. The normalized spacial score (nSPS) is 18.2. The Balaban J connectivity index is 1.54. The molecule has 1 aliphatic heterocycles. The maximum Gasteiger partial charge on any atom is 0.219 e. The summed E-state index contributed by atoms with van der Waals surface area (Å²) in [4.78, 5) is 14.8. The van der Waals surface area contributed by atoms with Gasteiger partial charge in [0.05, 0.1) is 17.6 Å². The Hall–Kier alpha value is -3.48. The molecule has 9 heteroatoms. The number of rotatable bonds is 5. The molecule has 0 saturated carbocycles. The van der Waals surface area contributed by atoms with Crippen molar-refractivity contribution in [1.29, 1.82) is 5.26 Å². The zero-order valence-electron chi connectivity index (χ0n) is 18.1. The number of aromatic nitrogens is 2. The second-order valence-corrected chi connectivity index (χ2v) is 10.2. The summed E-state index contributed by atoms with van der Waals surface area (Å²) < 4.78 is 14.3. The van der Waals surface area contributed by atoms with E-state index < -0.39 is 5.92 Å². The summed E-state index contributed by atoms with van der Waals surface area (Å²) in [5.41, 5.74) is 9.94. The average Bonchev–Trinajstić information content (AvgIpc) is 3.32. The molecule has 0 amide bonds. The third kappa shape index (κ3) is 4.11. The van der Waals surface area contributed by atoms with E-state index in [4.69, 9.17) is 5.73 Å². The Kier molecular flexibility index (Phi) is 6.18. The number of halogens is 1. The number of nitrogens with two attached hydrogens (primary N) is 1. The van der Waals surface area contributed by atoms with Crippen molar-refractivity contribution in [3.05, 3.63) is 94.2 Å². The highest BCUT2D eigenvalue weighted by molar-refractivity contribution is 8.00. The fourth-order valence-corrected chi connectivity index (χ4v) is 6.20. The van der Waals surface area contributed by atoms with Crippen LogP contribution in [0.2, 0.25) is 0 Å². The van der Waals surface area contributed by atoms with E-state index in [0.29, 0.717) is 35.5 Å². The van der Waals surface area contributed by atoms with Crippen LogP contribution in [-0.2, 0) is 10.5 Å². The molecule has 170 valence electrons. The molecule has 0 radical (unpaired) electrons. The fourth-order valence-electron chi connectivity index (χ4n) is 4.36. The Morgan fingerprint density at radius 1 is 1.15 bits per heavy atom. The summed E-state index contributed by atoms with van der Waals surface area (Å²) in [7, 11) is 0. The SMILES string of the molecule is N#CC1=C(N)N(c2nnc(SCc3ccccc3)s2)C2=C(C(=O)CCC2)C1c1ccc(F)cc1. The van der Waals surface area contributed by atoms with Crippen molar-refractivity contribution >= 4 is 34.0 Å². The first-order valence-electron chi connectivity index (χ1n) is 10.8. The van der Waals surface area contributed by atoms with Gasteiger partial charge in [-0.1, -0.05) is 65.6 Å². The summed E-state index contributed by atoms with van der Waals surface area (Å²) in [5.74, 6) is -0.0340. The van der Waals surface area contributed by atoms with Crippen molar-refractivity contribution in [2.45, 2.75) is 35.3 Å². The van der Waals surface area contributed by atoms with Crippen LogP contribution in [0.1, 0.15) is 36.3 Å². The van der Waals surface area contributed by atoms with Crippen LogP contribution in [-0.4, -0.2) is 16.0 Å². The van der Waals surface area contributed by atoms with Crippen molar-refractivity contribution < 1.29 is 9.18 Å². The first-order valence-corrected chi connectivity index (χ1v) is 12.6. The molecule has 34 heavy (non-hydrogen) atoms. The lowest BCUT2D eigenvalue weighted by Crippen LogP contribution is -2.38. The number of anilines is 1. The molecule has 0 saturated heterocycles. The molecule has 1 aromatic heterocycles. The van der Waals surface area contributed by atoms with Crippen LogP contribution in [0.5, 0.6) is 0 Å². The van der Waals surface area contributed by atoms with Gasteiger partial charge in [-0.15, -0.1) is 10.2 Å². The smallest absolute Gasteiger partial charge is 0.219 e. The first kappa shape index (κ1) is 22.3. The molecule has 2 aliphatic rings. The van der Waals surface area contributed by atoms with Gasteiger partial charge in [0.15, 0.2) is 10.1 Å². The maximum absolute atomic E-state index is 13.6. The second kappa shape index (κ2) is 9.41. The molecule has 2 N–H and O–H groups in total. The molecule has 1 atom stereocenters. The van der Waals surface area contributed by atoms with E-state index in [1.165, 1.54) is 29.0 Å². The number of ketones is 1. The van der Waals surface area contributed by atoms with Crippen LogP contribution in [0.15, 0.2) is 81.6 Å². The monoisotopic (exact) mass is 489 g/mol. The van der Waals surface area contributed by atoms with Gasteiger partial charge in [-0.3, -0.25) is 9.69 Å². The van der Waals surface area contributed by atoms with Gasteiger partial charge in [0.2, 0.25) is 5.13 Å². The van der Waals surface area contributed by atoms with Crippen molar-refractivity contribution in [2.24, 2.45) is 5.73 Å². The number of hydrogen-bond donors (Lipinski definition) is 1. The highest BCUT2D eigenvalue weighted by Crippen LogP contribution is 2.47. The lowest BCUT2D eigenvalue weighted by Gasteiger charge is -2.38. The zero-order chi connectivity index (χ0) is 23.7. The number of nitrogens with zero attached hydrogens (tertiary/aromatic N) is 4. The van der Waals surface area contributed by atoms with Crippen LogP contribution in [0.4, 0.5) is 9.52 Å². The fraction of sp³-hybridized carbons (Fsp3) is 0.200. The number of Topliss-reactive ketones (excluding diaryl/α,β-unsaturated/α-hetero) is 1. The molecule has 2 heterocycles. The standard InChI is InChI=1S/C25H20FN5OS2/c26-17-11-9-16(10-12-17)21-18(13-27)23(28)31(19-7-4-8-20(32)22(19)21)24-29-30-25(34-24)33-14-15-5-2-1-3-6-15/h1-3,5-6,9-12,21H,4,7-8,14,28H2. The Morgan fingerprint density at radius 2 is 1.91 bits per heavy atom. The van der Waals surface area contributed by atoms with Crippen LogP contribution in [0.3, 0.4) is 0 Å². The number of hydrogen-bond acceptors (Lipinski definition) is 8. The topological polar surface area (TPSA) is 95.9 Å². The first-order chi connectivity index (χ1) is 16.6. The largest absolute Gasteiger partial charge is 0.384 e. The van der Waals surface area contributed by atoms with Crippen molar-refractivity contribution in [3.63, 3.8) is 0 Å². The Morgan fingerprint density at radius 3 is 2.65 bits per heavy atom. The van der Waals surface area contributed by atoms with Crippen molar-refractivity contribution in [2.75, 3.05) is 4.90 Å². The van der Waals surface area contributed by atoms with Gasteiger partial charge in [0, 0.05) is 23.4 Å². The molecule has 0 fully saturated rings. The molecule has 6 nitrogen and oxygen atoms in total. The van der Waals surface area contributed by atoms with Gasteiger partial charge >= 0.3 is 0 Å². The van der Waals surface area contributed by atoms with Gasteiger partial charge in [0.1, 0.15) is 11.6 Å². The maximum atomic E-state index is 13.6. The summed E-state index contributed by atoms with van der Waals surface area (Å²) in [6, 6.07) is 18.2. The molecule has 1 aliphatic carbocycles. The van der Waals surface area contributed by atoms with Crippen LogP contribution >= 0.6 is 23.1 Å². The minimum atomic E-state index is -0.621. The van der Waals surface area contributed by atoms with E-state index in [0.717, 1.165) is 15.8 Å². The van der Waals surface area contributed by atoms with Crippen molar-refractivity contribution in [1.82, 2.24) is 10.2 Å².